The Morgan fingerprint density at radius 3 is 2.53 bits per heavy atom. The van der Waals surface area contributed by atoms with Crippen LogP contribution in [-0.4, -0.2) is 48.9 Å². The number of ether oxygens (including phenoxy) is 1. The highest BCUT2D eigenvalue weighted by Gasteiger charge is 2.39. The highest BCUT2D eigenvalue weighted by atomic mass is 19.1. The minimum absolute atomic E-state index is 0.0446. The third-order valence-electron chi connectivity index (χ3n) is 7.81. The lowest BCUT2D eigenvalue weighted by Gasteiger charge is -2.34. The SMILES string of the molecule is COc1ccc(CC(=O)N2CCC(C3C(=O)Nc4ccc(C(=O)NC5CCCC5)cc43)CC2)cc1F. The van der Waals surface area contributed by atoms with Gasteiger partial charge < -0.3 is 20.3 Å². The highest BCUT2D eigenvalue weighted by molar-refractivity contribution is 6.05. The van der Waals surface area contributed by atoms with Crippen LogP contribution in [0.5, 0.6) is 5.75 Å². The van der Waals surface area contributed by atoms with E-state index in [4.69, 9.17) is 4.74 Å². The van der Waals surface area contributed by atoms with Crippen molar-refractivity contribution in [2.24, 2.45) is 5.92 Å². The maximum atomic E-state index is 14.0. The molecule has 1 atom stereocenters. The van der Waals surface area contributed by atoms with Crippen molar-refractivity contribution < 1.29 is 23.5 Å². The van der Waals surface area contributed by atoms with Crippen molar-refractivity contribution in [3.8, 4) is 5.75 Å². The van der Waals surface area contributed by atoms with Crippen LogP contribution in [0, 0.1) is 11.7 Å². The molecule has 1 unspecified atom stereocenters. The molecule has 2 N–H and O–H groups in total. The van der Waals surface area contributed by atoms with Crippen LogP contribution >= 0.6 is 0 Å². The summed E-state index contributed by atoms with van der Waals surface area (Å²) in [5.74, 6) is -0.755. The van der Waals surface area contributed by atoms with Crippen LogP contribution in [0.25, 0.3) is 0 Å². The number of amides is 3. The predicted molar refractivity (Wildman–Crippen MR) is 133 cm³/mol. The summed E-state index contributed by atoms with van der Waals surface area (Å²) in [5.41, 5.74) is 2.83. The van der Waals surface area contributed by atoms with Crippen molar-refractivity contribution in [1.29, 1.82) is 0 Å². The Hall–Kier alpha value is -3.42. The van der Waals surface area contributed by atoms with Gasteiger partial charge in [0.1, 0.15) is 0 Å². The summed E-state index contributed by atoms with van der Waals surface area (Å²) < 4.78 is 18.9. The van der Waals surface area contributed by atoms with Gasteiger partial charge in [-0.05, 0) is 73.1 Å². The summed E-state index contributed by atoms with van der Waals surface area (Å²) in [5, 5.41) is 6.09. The number of fused-ring (bicyclic) bond motifs is 1. The number of hydrogen-bond donors (Lipinski definition) is 2. The van der Waals surface area contributed by atoms with Crippen LogP contribution in [0.4, 0.5) is 10.1 Å². The van der Waals surface area contributed by atoms with E-state index >= 15 is 0 Å². The number of halogens is 1. The number of hydrogen-bond acceptors (Lipinski definition) is 4. The monoisotopic (exact) mass is 493 g/mol. The number of carbonyl (C=O) groups excluding carboxylic acids is 3. The standard InChI is InChI=1S/C28H32FN3O4/c1-36-24-9-6-17(14-22(24)29)15-25(33)32-12-10-18(11-13-32)26-21-16-19(7-8-23(21)31-28(26)35)27(34)30-20-4-2-3-5-20/h6-9,14,16,18,20,26H,2-5,10-13,15H2,1H3,(H,30,34)(H,31,35). The maximum absolute atomic E-state index is 14.0. The number of benzene rings is 2. The van der Waals surface area contributed by atoms with Gasteiger partial charge in [-0.2, -0.15) is 0 Å². The first-order chi connectivity index (χ1) is 17.4. The molecule has 2 fully saturated rings. The molecular weight excluding hydrogens is 461 g/mol. The van der Waals surface area contributed by atoms with Gasteiger partial charge in [0.15, 0.2) is 11.6 Å². The number of nitrogens with zero attached hydrogens (tertiary/aromatic N) is 1. The lowest BCUT2D eigenvalue weighted by atomic mass is 9.80. The smallest absolute Gasteiger partial charge is 0.251 e. The largest absolute Gasteiger partial charge is 0.494 e. The maximum Gasteiger partial charge on any atom is 0.251 e. The van der Waals surface area contributed by atoms with Crippen molar-refractivity contribution in [2.75, 3.05) is 25.5 Å². The second-order valence-corrected chi connectivity index (χ2v) is 10.1. The fourth-order valence-electron chi connectivity index (χ4n) is 5.82. The first kappa shape index (κ1) is 24.3. The van der Waals surface area contributed by atoms with Gasteiger partial charge in [-0.1, -0.05) is 18.9 Å². The quantitative estimate of drug-likeness (QED) is 0.636. The summed E-state index contributed by atoms with van der Waals surface area (Å²) >= 11 is 0. The van der Waals surface area contributed by atoms with E-state index in [2.05, 4.69) is 10.6 Å². The Balaban J connectivity index is 1.22. The summed E-state index contributed by atoms with van der Waals surface area (Å²) in [6, 6.07) is 10.3. The van der Waals surface area contributed by atoms with Gasteiger partial charge in [0.2, 0.25) is 11.8 Å². The number of nitrogens with one attached hydrogen (secondary N) is 2. The van der Waals surface area contributed by atoms with Crippen LogP contribution in [0.15, 0.2) is 36.4 Å². The fraction of sp³-hybridized carbons (Fsp3) is 0.464. The summed E-state index contributed by atoms with van der Waals surface area (Å²) in [6.45, 7) is 1.09. The van der Waals surface area contributed by atoms with E-state index in [0.717, 1.165) is 36.9 Å². The normalized spacial score (nSPS) is 20.2. The average Bonchev–Trinajstić information content (AvgIpc) is 3.50. The van der Waals surface area contributed by atoms with Crippen LogP contribution in [-0.2, 0) is 16.0 Å². The molecule has 1 aliphatic carbocycles. The minimum atomic E-state index is -0.483. The molecule has 3 amide bonds. The molecular formula is C28H32FN3O4. The molecule has 3 aliphatic rings. The Morgan fingerprint density at radius 1 is 1.08 bits per heavy atom. The van der Waals surface area contributed by atoms with Gasteiger partial charge in [-0.3, -0.25) is 14.4 Å². The minimum Gasteiger partial charge on any atom is -0.494 e. The molecule has 8 heteroatoms. The van der Waals surface area contributed by atoms with Crippen molar-refractivity contribution in [3.05, 3.63) is 58.9 Å². The number of rotatable bonds is 6. The molecule has 5 rings (SSSR count). The summed E-state index contributed by atoms with van der Waals surface area (Å²) in [4.78, 5) is 40.3. The Kier molecular flexibility index (Phi) is 6.94. The van der Waals surface area contributed by atoms with E-state index in [-0.39, 0.29) is 47.8 Å². The van der Waals surface area contributed by atoms with Gasteiger partial charge in [0, 0.05) is 30.4 Å². The lowest BCUT2D eigenvalue weighted by molar-refractivity contribution is -0.132. The highest BCUT2D eigenvalue weighted by Crippen LogP contribution is 2.42. The van der Waals surface area contributed by atoms with Gasteiger partial charge in [-0.15, -0.1) is 0 Å². The molecule has 7 nitrogen and oxygen atoms in total. The third-order valence-corrected chi connectivity index (χ3v) is 7.81. The first-order valence-corrected chi connectivity index (χ1v) is 12.8. The number of piperidine rings is 1. The molecule has 1 saturated carbocycles. The van der Waals surface area contributed by atoms with E-state index in [1.54, 1.807) is 17.0 Å². The molecule has 2 heterocycles. The molecule has 2 aromatic rings. The molecule has 0 bridgehead atoms. The second-order valence-electron chi connectivity index (χ2n) is 10.1. The number of anilines is 1. The van der Waals surface area contributed by atoms with E-state index in [1.807, 2.05) is 12.1 Å². The molecule has 2 aromatic carbocycles. The van der Waals surface area contributed by atoms with Crippen LogP contribution < -0.4 is 15.4 Å². The van der Waals surface area contributed by atoms with Gasteiger partial charge in [-0.25, -0.2) is 4.39 Å². The number of carbonyl (C=O) groups is 3. The number of likely N-dealkylation sites (tertiary alicyclic amines) is 1. The zero-order valence-corrected chi connectivity index (χ0v) is 20.5. The second kappa shape index (κ2) is 10.3. The fourth-order valence-corrected chi connectivity index (χ4v) is 5.82. The van der Waals surface area contributed by atoms with E-state index in [9.17, 15) is 18.8 Å². The van der Waals surface area contributed by atoms with Crippen molar-refractivity contribution in [2.45, 2.75) is 56.9 Å². The topological polar surface area (TPSA) is 87.7 Å². The molecule has 36 heavy (non-hydrogen) atoms. The van der Waals surface area contributed by atoms with Crippen LogP contribution in [0.2, 0.25) is 0 Å². The predicted octanol–water partition coefficient (Wildman–Crippen LogP) is 4.02. The Bertz CT molecular complexity index is 1170. The van der Waals surface area contributed by atoms with Crippen molar-refractivity contribution in [1.82, 2.24) is 10.2 Å². The molecule has 0 spiro atoms. The van der Waals surface area contributed by atoms with Crippen LogP contribution in [0.1, 0.15) is 65.9 Å². The molecule has 0 aromatic heterocycles. The van der Waals surface area contributed by atoms with Crippen LogP contribution in [0.3, 0.4) is 0 Å². The van der Waals surface area contributed by atoms with E-state index < -0.39 is 5.82 Å². The van der Waals surface area contributed by atoms with Gasteiger partial charge >= 0.3 is 0 Å². The molecule has 2 aliphatic heterocycles. The molecule has 1 saturated heterocycles. The van der Waals surface area contributed by atoms with Gasteiger partial charge in [0.05, 0.1) is 19.4 Å². The third kappa shape index (κ3) is 4.94. The Labute approximate surface area is 210 Å². The Morgan fingerprint density at radius 2 is 1.83 bits per heavy atom. The zero-order chi connectivity index (χ0) is 25.2. The van der Waals surface area contributed by atoms with E-state index in [0.29, 0.717) is 37.1 Å². The molecule has 0 radical (unpaired) electrons. The zero-order valence-electron chi connectivity index (χ0n) is 20.5. The van der Waals surface area contributed by atoms with Gasteiger partial charge in [0.25, 0.3) is 5.91 Å². The van der Waals surface area contributed by atoms with Crippen molar-refractivity contribution in [3.63, 3.8) is 0 Å². The average molecular weight is 494 g/mol. The summed E-state index contributed by atoms with van der Waals surface area (Å²) in [7, 11) is 1.41. The van der Waals surface area contributed by atoms with Crippen molar-refractivity contribution >= 4 is 23.4 Å². The molecule has 190 valence electrons. The lowest BCUT2D eigenvalue weighted by Crippen LogP contribution is -2.41. The van der Waals surface area contributed by atoms with E-state index in [1.165, 1.54) is 19.2 Å². The summed E-state index contributed by atoms with van der Waals surface area (Å²) in [6.07, 6.45) is 5.84. The first-order valence-electron chi connectivity index (χ1n) is 12.8. The number of methoxy groups -OCH3 is 1.